The number of aromatic nitrogens is 2. The fraction of sp³-hybridized carbons (Fsp3) is 0.556. The molecule has 4 rings (SSSR count). The molecule has 1 aromatic heterocycles. The van der Waals surface area contributed by atoms with E-state index < -0.39 is 0 Å². The van der Waals surface area contributed by atoms with Crippen molar-refractivity contribution in [1.29, 1.82) is 0 Å². The van der Waals surface area contributed by atoms with E-state index in [-0.39, 0.29) is 11.9 Å². The van der Waals surface area contributed by atoms with E-state index in [4.69, 9.17) is 4.52 Å². The van der Waals surface area contributed by atoms with Gasteiger partial charge in [0.1, 0.15) is 5.82 Å². The number of nitrogens with zero attached hydrogens (tertiary/aromatic N) is 4. The predicted molar refractivity (Wildman–Crippen MR) is 87.9 cm³/mol. The maximum atomic E-state index is 13.8. The molecule has 1 saturated heterocycles. The largest absolute Gasteiger partial charge is 0.338 e. The first kappa shape index (κ1) is 15.7. The monoisotopic (exact) mass is 330 g/mol. The number of halogens is 1. The van der Waals surface area contributed by atoms with Crippen LogP contribution in [-0.4, -0.2) is 46.1 Å². The zero-order valence-corrected chi connectivity index (χ0v) is 14.0. The first-order chi connectivity index (χ1) is 11.7. The number of rotatable bonds is 5. The number of benzene rings is 1. The van der Waals surface area contributed by atoms with Crippen LogP contribution < -0.4 is 0 Å². The lowest BCUT2D eigenvalue weighted by Gasteiger charge is -2.36. The molecule has 1 saturated carbocycles. The van der Waals surface area contributed by atoms with Crippen molar-refractivity contribution in [3.63, 3.8) is 0 Å². The normalized spacial score (nSPS) is 21.1. The third-order valence-electron chi connectivity index (χ3n) is 5.06. The Morgan fingerprint density at radius 1 is 1.21 bits per heavy atom. The lowest BCUT2D eigenvalue weighted by molar-refractivity contribution is 0.0839. The van der Waals surface area contributed by atoms with Gasteiger partial charge in [0.15, 0.2) is 5.82 Å². The van der Waals surface area contributed by atoms with Gasteiger partial charge in [0.2, 0.25) is 5.89 Å². The highest BCUT2D eigenvalue weighted by Crippen LogP contribution is 2.38. The van der Waals surface area contributed by atoms with Crippen molar-refractivity contribution in [3.8, 4) is 0 Å². The molecule has 1 aromatic carbocycles. The number of piperazine rings is 1. The Labute approximate surface area is 141 Å². The average molecular weight is 330 g/mol. The topological polar surface area (TPSA) is 45.4 Å². The molecule has 2 aliphatic rings. The summed E-state index contributed by atoms with van der Waals surface area (Å²) in [6.45, 7) is 6.48. The Morgan fingerprint density at radius 2 is 1.96 bits per heavy atom. The van der Waals surface area contributed by atoms with Crippen molar-refractivity contribution in [2.24, 2.45) is 0 Å². The van der Waals surface area contributed by atoms with Gasteiger partial charge in [-0.05, 0) is 25.8 Å². The molecule has 2 fully saturated rings. The summed E-state index contributed by atoms with van der Waals surface area (Å²) in [5.41, 5.74) is 0.768. The average Bonchev–Trinajstić information content (AvgIpc) is 3.34. The molecule has 1 aliphatic heterocycles. The Balaban J connectivity index is 1.32. The molecule has 24 heavy (non-hydrogen) atoms. The van der Waals surface area contributed by atoms with Gasteiger partial charge in [-0.1, -0.05) is 23.4 Å². The summed E-state index contributed by atoms with van der Waals surface area (Å²) in [4.78, 5) is 9.22. The molecular formula is C18H23FN4O. The summed E-state index contributed by atoms with van der Waals surface area (Å²) in [6.07, 6.45) is 2.37. The van der Waals surface area contributed by atoms with E-state index in [0.717, 1.165) is 43.5 Å². The number of hydrogen-bond donors (Lipinski definition) is 0. The Hall–Kier alpha value is -1.79. The van der Waals surface area contributed by atoms with E-state index in [1.165, 1.54) is 18.9 Å². The molecule has 0 radical (unpaired) electrons. The van der Waals surface area contributed by atoms with Crippen LogP contribution in [0.5, 0.6) is 0 Å². The molecule has 0 unspecified atom stereocenters. The molecule has 6 heteroatoms. The second-order valence-corrected chi connectivity index (χ2v) is 6.84. The van der Waals surface area contributed by atoms with Gasteiger partial charge in [0.05, 0.1) is 6.04 Å². The van der Waals surface area contributed by atoms with Crippen LogP contribution in [0, 0.1) is 5.82 Å². The molecule has 128 valence electrons. The van der Waals surface area contributed by atoms with E-state index in [9.17, 15) is 4.39 Å². The van der Waals surface area contributed by atoms with Crippen molar-refractivity contribution in [2.75, 3.05) is 26.2 Å². The van der Waals surface area contributed by atoms with Gasteiger partial charge in [0.25, 0.3) is 0 Å². The van der Waals surface area contributed by atoms with Gasteiger partial charge < -0.3 is 4.52 Å². The summed E-state index contributed by atoms with van der Waals surface area (Å²) in [5.74, 6) is 1.99. The van der Waals surface area contributed by atoms with Gasteiger partial charge >= 0.3 is 0 Å². The van der Waals surface area contributed by atoms with E-state index in [0.29, 0.717) is 12.5 Å². The zero-order valence-electron chi connectivity index (χ0n) is 14.0. The van der Waals surface area contributed by atoms with Crippen molar-refractivity contribution >= 4 is 0 Å². The summed E-state index contributed by atoms with van der Waals surface area (Å²) in [5, 5.41) is 4.11. The summed E-state index contributed by atoms with van der Waals surface area (Å²) < 4.78 is 19.2. The Kier molecular flexibility index (Phi) is 4.33. The molecule has 2 heterocycles. The molecule has 0 N–H and O–H groups in total. The van der Waals surface area contributed by atoms with Crippen LogP contribution in [0.25, 0.3) is 0 Å². The van der Waals surface area contributed by atoms with Crippen molar-refractivity contribution in [1.82, 2.24) is 19.9 Å². The van der Waals surface area contributed by atoms with Crippen LogP contribution in [0.2, 0.25) is 0 Å². The van der Waals surface area contributed by atoms with Crippen molar-refractivity contribution in [2.45, 2.75) is 38.3 Å². The Bertz CT molecular complexity index is 692. The second kappa shape index (κ2) is 6.61. The third-order valence-corrected chi connectivity index (χ3v) is 5.06. The van der Waals surface area contributed by atoms with Crippen LogP contribution in [0.15, 0.2) is 28.8 Å². The maximum Gasteiger partial charge on any atom is 0.243 e. The summed E-state index contributed by atoms with van der Waals surface area (Å²) in [6, 6.07) is 7.16. The van der Waals surface area contributed by atoms with E-state index in [1.54, 1.807) is 6.07 Å². The SMILES string of the molecule is C[C@H](c1nc(C2CC2)no1)N1CCN(Cc2ccccc2F)CC1. The van der Waals surface area contributed by atoms with Crippen LogP contribution >= 0.6 is 0 Å². The third kappa shape index (κ3) is 3.35. The Morgan fingerprint density at radius 3 is 2.67 bits per heavy atom. The first-order valence-corrected chi connectivity index (χ1v) is 8.74. The molecule has 1 atom stereocenters. The smallest absolute Gasteiger partial charge is 0.243 e. The van der Waals surface area contributed by atoms with Crippen LogP contribution in [-0.2, 0) is 6.54 Å². The summed E-state index contributed by atoms with van der Waals surface area (Å²) >= 11 is 0. The quantitative estimate of drug-likeness (QED) is 0.843. The highest BCUT2D eigenvalue weighted by atomic mass is 19.1. The molecule has 1 aliphatic carbocycles. The minimum absolute atomic E-state index is 0.119. The van der Waals surface area contributed by atoms with E-state index in [1.807, 2.05) is 12.1 Å². The van der Waals surface area contributed by atoms with E-state index >= 15 is 0 Å². The molecule has 0 amide bonds. The summed E-state index contributed by atoms with van der Waals surface area (Å²) in [7, 11) is 0. The van der Waals surface area contributed by atoms with Crippen molar-refractivity contribution < 1.29 is 8.91 Å². The lowest BCUT2D eigenvalue weighted by Crippen LogP contribution is -2.46. The first-order valence-electron chi connectivity index (χ1n) is 8.74. The van der Waals surface area contributed by atoms with Gasteiger partial charge in [-0.25, -0.2) is 4.39 Å². The zero-order chi connectivity index (χ0) is 16.5. The minimum Gasteiger partial charge on any atom is -0.338 e. The predicted octanol–water partition coefficient (Wildman–Crippen LogP) is 2.96. The highest BCUT2D eigenvalue weighted by Gasteiger charge is 2.31. The van der Waals surface area contributed by atoms with Gasteiger partial charge in [0, 0.05) is 44.2 Å². The number of hydrogen-bond acceptors (Lipinski definition) is 5. The van der Waals surface area contributed by atoms with Gasteiger partial charge in [-0.2, -0.15) is 4.98 Å². The van der Waals surface area contributed by atoms with Crippen LogP contribution in [0.4, 0.5) is 4.39 Å². The molecule has 0 bridgehead atoms. The highest BCUT2D eigenvalue weighted by molar-refractivity contribution is 5.17. The lowest BCUT2D eigenvalue weighted by atomic mass is 10.1. The second-order valence-electron chi connectivity index (χ2n) is 6.84. The molecular weight excluding hydrogens is 307 g/mol. The van der Waals surface area contributed by atoms with Crippen molar-refractivity contribution in [3.05, 3.63) is 47.4 Å². The fourth-order valence-electron chi connectivity index (χ4n) is 3.26. The molecule has 0 spiro atoms. The fourth-order valence-corrected chi connectivity index (χ4v) is 3.26. The van der Waals surface area contributed by atoms with E-state index in [2.05, 4.69) is 26.9 Å². The van der Waals surface area contributed by atoms with Gasteiger partial charge in [-0.3, -0.25) is 9.80 Å². The van der Waals surface area contributed by atoms with Crippen LogP contribution in [0.1, 0.15) is 49.0 Å². The minimum atomic E-state index is -0.119. The maximum absolute atomic E-state index is 13.8. The molecule has 5 nitrogen and oxygen atoms in total. The van der Waals surface area contributed by atoms with Crippen LogP contribution in [0.3, 0.4) is 0 Å². The van der Waals surface area contributed by atoms with Gasteiger partial charge in [-0.15, -0.1) is 0 Å². The molecule has 2 aromatic rings. The standard InChI is InChI=1S/C18H23FN4O/c1-13(18-20-17(21-24-18)14-6-7-14)23-10-8-22(9-11-23)12-15-4-2-3-5-16(15)19/h2-5,13-14H,6-12H2,1H3/t13-/m1/s1.